The Kier molecular flexibility index (Phi) is 10.7. The monoisotopic (exact) mass is 572 g/mol. The van der Waals surface area contributed by atoms with Crippen LogP contribution in [0.4, 0.5) is 0 Å². The van der Waals surface area contributed by atoms with Gasteiger partial charge in [0.15, 0.2) is 17.5 Å². The fourth-order valence-electron chi connectivity index (χ4n) is 3.88. The Morgan fingerprint density at radius 3 is 2.67 bits per heavy atom. The summed E-state index contributed by atoms with van der Waals surface area (Å²) < 4.78 is 18.7. The molecule has 1 fully saturated rings. The minimum absolute atomic E-state index is 0. The molecule has 1 aromatic heterocycles. The minimum atomic E-state index is -0.0169. The van der Waals surface area contributed by atoms with Gasteiger partial charge < -0.3 is 29.3 Å². The molecule has 2 aromatic rings. The molecule has 2 atom stereocenters. The molecule has 0 bridgehead atoms. The zero-order chi connectivity index (χ0) is 23.1. The van der Waals surface area contributed by atoms with Crippen molar-refractivity contribution in [1.29, 1.82) is 0 Å². The lowest BCUT2D eigenvalue weighted by Gasteiger charge is -2.35. The van der Waals surface area contributed by atoms with Crippen molar-refractivity contribution in [2.24, 2.45) is 12.0 Å². The first-order chi connectivity index (χ1) is 15.5. The Morgan fingerprint density at radius 2 is 2.06 bits per heavy atom. The van der Waals surface area contributed by atoms with Crippen molar-refractivity contribution in [3.63, 3.8) is 0 Å². The van der Waals surface area contributed by atoms with Crippen molar-refractivity contribution in [1.82, 2.24) is 24.9 Å². The average molecular weight is 572 g/mol. The summed E-state index contributed by atoms with van der Waals surface area (Å²) in [5, 5.41) is 7.74. The van der Waals surface area contributed by atoms with E-state index < -0.39 is 0 Å². The smallest absolute Gasteiger partial charge is 0.194 e. The number of hydrogen-bond donors (Lipinski definition) is 1. The Hall–Kier alpha value is -2.05. The van der Waals surface area contributed by atoms with Crippen LogP contribution in [0.3, 0.4) is 0 Å². The van der Waals surface area contributed by atoms with Crippen molar-refractivity contribution in [2.75, 3.05) is 61.1 Å². The number of methoxy groups -OCH3 is 2. The van der Waals surface area contributed by atoms with E-state index in [0.29, 0.717) is 13.2 Å². The molecular formula is C23H37IN6O3. The summed E-state index contributed by atoms with van der Waals surface area (Å²) >= 11 is 0. The van der Waals surface area contributed by atoms with E-state index >= 15 is 0 Å². The van der Waals surface area contributed by atoms with Crippen LogP contribution in [0.5, 0.6) is 11.5 Å². The molecule has 33 heavy (non-hydrogen) atoms. The van der Waals surface area contributed by atoms with Gasteiger partial charge in [0.05, 0.1) is 46.2 Å². The quantitative estimate of drug-likeness (QED) is 0.296. The van der Waals surface area contributed by atoms with Crippen LogP contribution >= 0.6 is 24.0 Å². The van der Waals surface area contributed by atoms with E-state index in [2.05, 4.69) is 47.3 Å². The van der Waals surface area contributed by atoms with E-state index in [1.165, 1.54) is 0 Å². The predicted octanol–water partition coefficient (Wildman–Crippen LogP) is 2.70. The van der Waals surface area contributed by atoms with Crippen molar-refractivity contribution < 1.29 is 14.2 Å². The van der Waals surface area contributed by atoms with Gasteiger partial charge in [-0.25, -0.2) is 0 Å². The molecule has 1 aliphatic heterocycles. The topological polar surface area (TPSA) is 76.4 Å². The van der Waals surface area contributed by atoms with Gasteiger partial charge >= 0.3 is 0 Å². The lowest BCUT2D eigenvalue weighted by molar-refractivity contribution is -0.00807. The van der Waals surface area contributed by atoms with Crippen LogP contribution in [0.2, 0.25) is 0 Å². The Morgan fingerprint density at radius 1 is 1.30 bits per heavy atom. The summed E-state index contributed by atoms with van der Waals surface area (Å²) in [6, 6.07) is 6.14. The van der Waals surface area contributed by atoms with E-state index in [4.69, 9.17) is 19.2 Å². The van der Waals surface area contributed by atoms with Crippen LogP contribution in [0, 0.1) is 0 Å². The normalized spacial score (nSPS) is 17.5. The molecule has 9 nitrogen and oxygen atoms in total. The lowest BCUT2D eigenvalue weighted by Crippen LogP contribution is -2.48. The third kappa shape index (κ3) is 6.97. The summed E-state index contributed by atoms with van der Waals surface area (Å²) in [5.74, 6) is 2.35. The number of likely N-dealkylation sites (N-methyl/N-ethyl adjacent to an activating group) is 1. The van der Waals surface area contributed by atoms with Crippen molar-refractivity contribution in [3.05, 3.63) is 41.7 Å². The molecular weight excluding hydrogens is 535 g/mol. The van der Waals surface area contributed by atoms with Gasteiger partial charge in [-0.15, -0.1) is 24.0 Å². The number of nitrogens with zero attached hydrogens (tertiary/aromatic N) is 5. The SMILES string of the molecule is CCNC(=NCC(c1ccc(OC)c(OC)c1)N(C)C)N1CCOC(c2cnn(C)c2)C1.I. The van der Waals surface area contributed by atoms with Crippen LogP contribution in [0.1, 0.15) is 30.2 Å². The highest BCUT2D eigenvalue weighted by Crippen LogP contribution is 2.31. The van der Waals surface area contributed by atoms with Crippen LogP contribution in [-0.2, 0) is 11.8 Å². The number of rotatable bonds is 8. The third-order valence-electron chi connectivity index (χ3n) is 5.63. The molecule has 3 rings (SSSR count). The second-order valence-electron chi connectivity index (χ2n) is 8.04. The van der Waals surface area contributed by atoms with Crippen LogP contribution in [0.25, 0.3) is 0 Å². The van der Waals surface area contributed by atoms with Gasteiger partial charge in [0.2, 0.25) is 0 Å². The summed E-state index contributed by atoms with van der Waals surface area (Å²) in [4.78, 5) is 9.45. The molecule has 0 amide bonds. The molecule has 2 heterocycles. The highest BCUT2D eigenvalue weighted by molar-refractivity contribution is 14.0. The van der Waals surface area contributed by atoms with Gasteiger partial charge in [-0.3, -0.25) is 9.67 Å². The van der Waals surface area contributed by atoms with E-state index in [0.717, 1.165) is 48.2 Å². The van der Waals surface area contributed by atoms with Crippen LogP contribution in [-0.4, -0.2) is 86.6 Å². The van der Waals surface area contributed by atoms with Gasteiger partial charge in [0, 0.05) is 31.9 Å². The first kappa shape index (κ1) is 27.2. The molecule has 10 heteroatoms. The maximum Gasteiger partial charge on any atom is 0.194 e. The zero-order valence-corrected chi connectivity index (χ0v) is 22.8. The Balaban J connectivity index is 0.00000385. The largest absolute Gasteiger partial charge is 0.493 e. The Bertz CT molecular complexity index is 904. The fraction of sp³-hybridized carbons (Fsp3) is 0.565. The lowest BCUT2D eigenvalue weighted by atomic mass is 10.1. The molecule has 1 aliphatic rings. The van der Waals surface area contributed by atoms with E-state index in [1.54, 1.807) is 14.2 Å². The summed E-state index contributed by atoms with van der Waals surface area (Å²) in [6.45, 7) is 5.69. The van der Waals surface area contributed by atoms with Gasteiger partial charge in [-0.2, -0.15) is 5.10 Å². The molecule has 0 aliphatic carbocycles. The fourth-order valence-corrected chi connectivity index (χ4v) is 3.88. The number of nitrogens with one attached hydrogen (secondary N) is 1. The van der Waals surface area contributed by atoms with E-state index in [-0.39, 0.29) is 36.1 Å². The average Bonchev–Trinajstić information content (AvgIpc) is 3.24. The number of hydrogen-bond acceptors (Lipinski definition) is 6. The number of morpholine rings is 1. The maximum atomic E-state index is 6.00. The predicted molar refractivity (Wildman–Crippen MR) is 141 cm³/mol. The third-order valence-corrected chi connectivity index (χ3v) is 5.63. The first-order valence-electron chi connectivity index (χ1n) is 11.0. The number of aromatic nitrogens is 2. The molecule has 1 aromatic carbocycles. The van der Waals surface area contributed by atoms with E-state index in [9.17, 15) is 0 Å². The molecule has 1 N–H and O–H groups in total. The molecule has 1 saturated heterocycles. The number of ether oxygens (including phenoxy) is 3. The standard InChI is InChI=1S/C23H36N6O3.HI/c1-7-24-23(29-10-11-32-22(16-29)18-13-26-28(4)15-18)25-14-19(27(2)3)17-8-9-20(30-5)21(12-17)31-6;/h8-9,12-13,15,19,22H,7,10-11,14,16H2,1-6H3,(H,24,25);1H. The van der Waals surface area contributed by atoms with Gasteiger partial charge in [0.25, 0.3) is 0 Å². The molecule has 0 spiro atoms. The summed E-state index contributed by atoms with van der Waals surface area (Å²) in [7, 11) is 9.36. The number of aliphatic imine (C=N–C) groups is 1. The van der Waals surface area contributed by atoms with Crippen LogP contribution in [0.15, 0.2) is 35.6 Å². The second kappa shape index (κ2) is 13.0. The number of benzene rings is 1. The number of aryl methyl sites for hydroxylation is 1. The minimum Gasteiger partial charge on any atom is -0.493 e. The van der Waals surface area contributed by atoms with Crippen molar-refractivity contribution in [3.8, 4) is 11.5 Å². The summed E-state index contributed by atoms with van der Waals surface area (Å²) in [6.07, 6.45) is 3.87. The number of halogens is 1. The molecule has 184 valence electrons. The molecule has 0 radical (unpaired) electrons. The van der Waals surface area contributed by atoms with Crippen molar-refractivity contribution >= 4 is 29.9 Å². The highest BCUT2D eigenvalue weighted by Gasteiger charge is 2.26. The first-order valence-corrected chi connectivity index (χ1v) is 11.0. The maximum absolute atomic E-state index is 6.00. The highest BCUT2D eigenvalue weighted by atomic mass is 127. The Labute approximate surface area is 214 Å². The van der Waals surface area contributed by atoms with Crippen LogP contribution < -0.4 is 14.8 Å². The number of guanidine groups is 1. The van der Waals surface area contributed by atoms with E-state index in [1.807, 2.05) is 36.3 Å². The molecule has 2 unspecified atom stereocenters. The van der Waals surface area contributed by atoms with Gasteiger partial charge in [0.1, 0.15) is 6.10 Å². The summed E-state index contributed by atoms with van der Waals surface area (Å²) in [5.41, 5.74) is 2.21. The molecule has 0 saturated carbocycles. The second-order valence-corrected chi connectivity index (χ2v) is 8.04. The van der Waals surface area contributed by atoms with Crippen molar-refractivity contribution in [2.45, 2.75) is 19.1 Å². The zero-order valence-electron chi connectivity index (χ0n) is 20.4. The van der Waals surface area contributed by atoms with Gasteiger partial charge in [-0.05, 0) is 38.7 Å². The van der Waals surface area contributed by atoms with Gasteiger partial charge in [-0.1, -0.05) is 6.07 Å².